The summed E-state index contributed by atoms with van der Waals surface area (Å²) in [6.45, 7) is 7.69. The molecule has 2 rings (SSSR count). The van der Waals surface area contributed by atoms with E-state index < -0.39 is 11.6 Å². The Morgan fingerprint density at radius 3 is 2.29 bits per heavy atom. The maximum atomic E-state index is 13.8. The molecule has 1 atom stereocenters. The second-order valence-electron chi connectivity index (χ2n) is 8.40. The Morgan fingerprint density at radius 1 is 1.06 bits per heavy atom. The van der Waals surface area contributed by atoms with E-state index in [1.165, 1.54) is 34.9 Å². The highest BCUT2D eigenvalue weighted by Gasteiger charge is 2.30. The summed E-state index contributed by atoms with van der Waals surface area (Å²) in [5, 5.41) is 2.94. The van der Waals surface area contributed by atoms with Crippen LogP contribution >= 0.6 is 11.8 Å². The molecule has 0 unspecified atom stereocenters. The molecule has 0 bridgehead atoms. The highest BCUT2D eigenvalue weighted by molar-refractivity contribution is 7.99. The quantitative estimate of drug-likeness (QED) is 0.592. The van der Waals surface area contributed by atoms with Crippen molar-refractivity contribution in [3.63, 3.8) is 0 Å². The lowest BCUT2D eigenvalue weighted by Gasteiger charge is -2.33. The molecule has 0 fully saturated rings. The van der Waals surface area contributed by atoms with Gasteiger partial charge in [0.25, 0.3) is 0 Å². The Morgan fingerprint density at radius 2 is 1.71 bits per heavy atom. The SMILES string of the molecule is CC[C@@H](C(=O)NC(C)(C)C)N(Cc1ccc(F)cc1)C(=O)CSCc1ccccc1F. The average Bonchev–Trinajstić information content (AvgIpc) is 2.69. The van der Waals surface area contributed by atoms with Crippen molar-refractivity contribution in [1.29, 1.82) is 0 Å². The molecule has 2 aromatic carbocycles. The maximum Gasteiger partial charge on any atom is 0.243 e. The molecule has 7 heteroatoms. The van der Waals surface area contributed by atoms with Gasteiger partial charge in [-0.3, -0.25) is 9.59 Å². The third-order valence-electron chi connectivity index (χ3n) is 4.59. The van der Waals surface area contributed by atoms with Crippen molar-refractivity contribution in [2.75, 3.05) is 5.75 Å². The van der Waals surface area contributed by atoms with Gasteiger partial charge in [-0.25, -0.2) is 8.78 Å². The lowest BCUT2D eigenvalue weighted by molar-refractivity contribution is -0.140. The smallest absolute Gasteiger partial charge is 0.243 e. The fourth-order valence-electron chi connectivity index (χ4n) is 3.11. The van der Waals surface area contributed by atoms with Gasteiger partial charge in [-0.15, -0.1) is 11.8 Å². The van der Waals surface area contributed by atoms with Crippen molar-refractivity contribution in [2.24, 2.45) is 0 Å². The van der Waals surface area contributed by atoms with Crippen LogP contribution in [0.25, 0.3) is 0 Å². The lowest BCUT2D eigenvalue weighted by atomic mass is 10.1. The lowest BCUT2D eigenvalue weighted by Crippen LogP contribution is -2.53. The summed E-state index contributed by atoms with van der Waals surface area (Å²) < 4.78 is 27.1. The molecule has 0 aliphatic carbocycles. The number of carbonyl (C=O) groups excluding carboxylic acids is 2. The molecule has 168 valence electrons. The zero-order chi connectivity index (χ0) is 23.0. The van der Waals surface area contributed by atoms with Crippen molar-refractivity contribution < 1.29 is 18.4 Å². The molecule has 0 saturated carbocycles. The highest BCUT2D eigenvalue weighted by atomic mass is 32.2. The van der Waals surface area contributed by atoms with E-state index in [2.05, 4.69) is 5.32 Å². The van der Waals surface area contributed by atoms with Crippen LogP contribution in [0.5, 0.6) is 0 Å². The monoisotopic (exact) mass is 448 g/mol. The molecular weight excluding hydrogens is 418 g/mol. The van der Waals surface area contributed by atoms with Crippen LogP contribution in [0.4, 0.5) is 8.78 Å². The molecule has 0 radical (unpaired) electrons. The summed E-state index contributed by atoms with van der Waals surface area (Å²) >= 11 is 1.30. The number of amides is 2. The highest BCUT2D eigenvalue weighted by Crippen LogP contribution is 2.19. The summed E-state index contributed by atoms with van der Waals surface area (Å²) in [6.07, 6.45) is 0.437. The van der Waals surface area contributed by atoms with Crippen molar-refractivity contribution in [2.45, 2.75) is 58.0 Å². The van der Waals surface area contributed by atoms with Gasteiger partial charge < -0.3 is 10.2 Å². The number of rotatable bonds is 9. The fraction of sp³-hybridized carbons (Fsp3) is 0.417. The van der Waals surface area contributed by atoms with Crippen LogP contribution in [0.15, 0.2) is 48.5 Å². The van der Waals surface area contributed by atoms with E-state index in [-0.39, 0.29) is 35.7 Å². The summed E-state index contributed by atoms with van der Waals surface area (Å²) in [5.74, 6) is -0.657. The minimum Gasteiger partial charge on any atom is -0.350 e. The molecule has 0 spiro atoms. The van der Waals surface area contributed by atoms with E-state index in [1.54, 1.807) is 30.3 Å². The van der Waals surface area contributed by atoms with Crippen LogP contribution in [-0.2, 0) is 21.9 Å². The van der Waals surface area contributed by atoms with E-state index in [4.69, 9.17) is 0 Å². The first-order valence-electron chi connectivity index (χ1n) is 10.3. The number of nitrogens with one attached hydrogen (secondary N) is 1. The third kappa shape index (κ3) is 7.98. The Balaban J connectivity index is 2.16. The molecule has 0 saturated heterocycles. The molecule has 2 amide bonds. The minimum absolute atomic E-state index is 0.106. The van der Waals surface area contributed by atoms with Gasteiger partial charge >= 0.3 is 0 Å². The Bertz CT molecular complexity index is 882. The van der Waals surface area contributed by atoms with Crippen LogP contribution in [0.1, 0.15) is 45.2 Å². The summed E-state index contributed by atoms with van der Waals surface area (Å²) in [4.78, 5) is 27.5. The molecule has 0 aromatic heterocycles. The predicted octanol–water partition coefficient (Wildman–Crippen LogP) is 4.92. The van der Waals surface area contributed by atoms with Crippen LogP contribution in [0.3, 0.4) is 0 Å². The van der Waals surface area contributed by atoms with Crippen LogP contribution in [0, 0.1) is 11.6 Å². The molecule has 1 N–H and O–H groups in total. The van der Waals surface area contributed by atoms with Crippen LogP contribution < -0.4 is 5.32 Å². The van der Waals surface area contributed by atoms with Crippen LogP contribution in [0.2, 0.25) is 0 Å². The number of thioether (sulfide) groups is 1. The van der Waals surface area contributed by atoms with Gasteiger partial charge in [-0.05, 0) is 56.5 Å². The Kier molecular flexibility index (Phi) is 9.04. The molecule has 31 heavy (non-hydrogen) atoms. The van der Waals surface area contributed by atoms with Crippen molar-refractivity contribution in [3.8, 4) is 0 Å². The number of carbonyl (C=O) groups is 2. The zero-order valence-corrected chi connectivity index (χ0v) is 19.3. The molecule has 2 aromatic rings. The largest absolute Gasteiger partial charge is 0.350 e. The normalized spacial score (nSPS) is 12.3. The average molecular weight is 449 g/mol. The van der Waals surface area contributed by atoms with Crippen molar-refractivity contribution in [1.82, 2.24) is 10.2 Å². The number of halogens is 2. The number of benzene rings is 2. The number of hydrogen-bond donors (Lipinski definition) is 1. The van der Waals surface area contributed by atoms with Gasteiger partial charge in [0, 0.05) is 17.8 Å². The van der Waals surface area contributed by atoms with E-state index >= 15 is 0 Å². The summed E-state index contributed by atoms with van der Waals surface area (Å²) in [7, 11) is 0. The maximum absolute atomic E-state index is 13.8. The Hall–Kier alpha value is -2.41. The molecular formula is C24H30F2N2O2S. The number of nitrogens with zero attached hydrogens (tertiary/aromatic N) is 1. The first kappa shape index (κ1) is 24.9. The Labute approximate surface area is 187 Å². The zero-order valence-electron chi connectivity index (χ0n) is 18.5. The standard InChI is InChI=1S/C24H30F2N2O2S/c1-5-21(23(30)27-24(2,3)4)28(14-17-10-12-19(25)13-11-17)22(29)16-31-15-18-8-6-7-9-20(18)26/h6-13,21H,5,14-16H2,1-4H3,(H,27,30)/t21-/m0/s1. The van der Waals surface area contributed by atoms with Crippen molar-refractivity contribution in [3.05, 3.63) is 71.3 Å². The van der Waals surface area contributed by atoms with Gasteiger partial charge in [-0.2, -0.15) is 0 Å². The second kappa shape index (κ2) is 11.3. The van der Waals surface area contributed by atoms with E-state index in [1.807, 2.05) is 27.7 Å². The number of hydrogen-bond acceptors (Lipinski definition) is 3. The first-order valence-corrected chi connectivity index (χ1v) is 11.4. The minimum atomic E-state index is -0.661. The molecule has 4 nitrogen and oxygen atoms in total. The van der Waals surface area contributed by atoms with Gasteiger partial charge in [0.1, 0.15) is 17.7 Å². The first-order chi connectivity index (χ1) is 14.6. The summed E-state index contributed by atoms with van der Waals surface area (Å²) in [6, 6.07) is 11.7. The second-order valence-corrected chi connectivity index (χ2v) is 9.38. The van der Waals surface area contributed by atoms with E-state index in [0.717, 1.165) is 5.56 Å². The van der Waals surface area contributed by atoms with Gasteiger partial charge in [-0.1, -0.05) is 37.3 Å². The molecule has 0 aliphatic heterocycles. The molecule has 0 heterocycles. The predicted molar refractivity (Wildman–Crippen MR) is 121 cm³/mol. The van der Waals surface area contributed by atoms with Gasteiger partial charge in [0.2, 0.25) is 11.8 Å². The van der Waals surface area contributed by atoms with Gasteiger partial charge in [0.05, 0.1) is 5.75 Å². The van der Waals surface area contributed by atoms with Crippen LogP contribution in [-0.4, -0.2) is 34.0 Å². The molecule has 0 aliphatic rings. The van der Waals surface area contributed by atoms with Crippen molar-refractivity contribution >= 4 is 23.6 Å². The topological polar surface area (TPSA) is 49.4 Å². The van der Waals surface area contributed by atoms with Gasteiger partial charge in [0.15, 0.2) is 0 Å². The third-order valence-corrected chi connectivity index (χ3v) is 5.56. The summed E-state index contributed by atoms with van der Waals surface area (Å²) in [5.41, 5.74) is 0.827. The van der Waals surface area contributed by atoms with E-state index in [0.29, 0.717) is 17.7 Å². The van der Waals surface area contributed by atoms with E-state index in [9.17, 15) is 18.4 Å². The fourth-order valence-corrected chi connectivity index (χ4v) is 4.00.